The lowest BCUT2D eigenvalue weighted by atomic mass is 9.88. The Bertz CT molecular complexity index is 2410. The zero-order valence-corrected chi connectivity index (χ0v) is 33.6. The van der Waals surface area contributed by atoms with Crippen LogP contribution in [0.15, 0.2) is 71.3 Å². The van der Waals surface area contributed by atoms with E-state index in [0.717, 1.165) is 117 Å². The second-order valence-electron chi connectivity index (χ2n) is 16.3. The number of nitrogens with zero attached hydrogens (tertiary/aromatic N) is 6. The van der Waals surface area contributed by atoms with E-state index in [0.29, 0.717) is 40.8 Å². The largest absolute Gasteiger partial charge is 0.490 e. The van der Waals surface area contributed by atoms with Gasteiger partial charge >= 0.3 is 0 Å². The van der Waals surface area contributed by atoms with Crippen LogP contribution in [0.4, 0.5) is 11.5 Å². The van der Waals surface area contributed by atoms with Crippen LogP contribution in [-0.2, 0) is 9.59 Å². The van der Waals surface area contributed by atoms with Gasteiger partial charge in [-0.05, 0) is 98.7 Å². The monoisotopic (exact) mass is 814 g/mol. The maximum absolute atomic E-state index is 13.1. The molecular weight excluding hydrogens is 768 g/mol. The molecule has 4 fully saturated rings. The zero-order chi connectivity index (χ0) is 40.5. The maximum atomic E-state index is 13.1. The SMILES string of the molecule is N#Cc1ccc(OC2CCC(NC(=O)c3ccc(N4CCC(CN5CCN(c6cccc7c6ccc6occ([C@H]8CCC(=O)NC8=O)c67)CC5)CC4)nn3)CC2)cc1Cl. The minimum atomic E-state index is -0.403. The van der Waals surface area contributed by atoms with E-state index in [4.69, 9.17) is 26.0 Å². The Morgan fingerprint density at radius 1 is 0.898 bits per heavy atom. The number of anilines is 2. The van der Waals surface area contributed by atoms with Crippen LogP contribution in [0, 0.1) is 17.2 Å². The average Bonchev–Trinajstić information content (AvgIpc) is 3.69. The highest BCUT2D eigenvalue weighted by atomic mass is 35.5. The first-order chi connectivity index (χ1) is 28.8. The number of hydrogen-bond donors (Lipinski definition) is 2. The van der Waals surface area contributed by atoms with Crippen molar-refractivity contribution in [2.75, 3.05) is 55.6 Å². The number of piperazine rings is 1. The minimum Gasteiger partial charge on any atom is -0.490 e. The Hall–Kier alpha value is -5.71. The van der Waals surface area contributed by atoms with Crippen molar-refractivity contribution in [2.24, 2.45) is 5.92 Å². The van der Waals surface area contributed by atoms with Crippen molar-refractivity contribution in [3.8, 4) is 11.8 Å². The van der Waals surface area contributed by atoms with Crippen LogP contribution in [0.2, 0.25) is 5.02 Å². The second kappa shape index (κ2) is 16.9. The van der Waals surface area contributed by atoms with Gasteiger partial charge in [0.05, 0.1) is 28.9 Å². The van der Waals surface area contributed by atoms with E-state index in [1.807, 2.05) is 12.1 Å². The van der Waals surface area contributed by atoms with Crippen LogP contribution in [0.5, 0.6) is 5.75 Å². The highest BCUT2D eigenvalue weighted by Gasteiger charge is 2.32. The molecule has 304 valence electrons. The van der Waals surface area contributed by atoms with E-state index in [2.05, 4.69) is 65.9 Å². The molecule has 2 N–H and O–H groups in total. The fourth-order valence-electron chi connectivity index (χ4n) is 9.36. The molecule has 2 aromatic heterocycles. The number of rotatable bonds is 9. The molecular formula is C45H47ClN8O5. The quantitative estimate of drug-likeness (QED) is 0.155. The van der Waals surface area contributed by atoms with Crippen molar-refractivity contribution in [1.82, 2.24) is 25.7 Å². The number of amides is 3. The molecule has 3 aromatic carbocycles. The number of furan rings is 1. The molecule has 0 bridgehead atoms. The number of carbonyl (C=O) groups excluding carboxylic acids is 3. The van der Waals surface area contributed by atoms with Crippen molar-refractivity contribution in [2.45, 2.75) is 69.4 Å². The summed E-state index contributed by atoms with van der Waals surface area (Å²) in [6, 6.07) is 21.4. The number of nitrogens with one attached hydrogen (secondary N) is 2. The molecule has 3 amide bonds. The van der Waals surface area contributed by atoms with Gasteiger partial charge in [0.25, 0.3) is 5.91 Å². The first kappa shape index (κ1) is 38.8. The predicted molar refractivity (Wildman–Crippen MR) is 225 cm³/mol. The molecule has 0 unspecified atom stereocenters. The van der Waals surface area contributed by atoms with Gasteiger partial charge < -0.3 is 24.3 Å². The summed E-state index contributed by atoms with van der Waals surface area (Å²) < 4.78 is 12.0. The van der Waals surface area contributed by atoms with Gasteiger partial charge in [-0.25, -0.2) is 0 Å². The number of benzene rings is 3. The Kier molecular flexibility index (Phi) is 11.1. The summed E-state index contributed by atoms with van der Waals surface area (Å²) in [6.07, 6.45) is 7.89. The second-order valence-corrected chi connectivity index (χ2v) is 16.7. The van der Waals surface area contributed by atoms with Gasteiger partial charge in [-0.15, -0.1) is 10.2 Å². The van der Waals surface area contributed by atoms with Crippen molar-refractivity contribution >= 4 is 62.6 Å². The highest BCUT2D eigenvalue weighted by molar-refractivity contribution is 6.31. The van der Waals surface area contributed by atoms with Gasteiger partial charge in [0.1, 0.15) is 17.4 Å². The molecule has 3 aliphatic heterocycles. The molecule has 1 atom stereocenters. The number of carbonyl (C=O) groups is 3. The smallest absolute Gasteiger partial charge is 0.272 e. The molecule has 4 aliphatic rings. The van der Waals surface area contributed by atoms with Crippen LogP contribution in [-0.4, -0.2) is 90.8 Å². The lowest BCUT2D eigenvalue weighted by Crippen LogP contribution is -2.49. The van der Waals surface area contributed by atoms with E-state index in [9.17, 15) is 14.4 Å². The van der Waals surface area contributed by atoms with Gasteiger partial charge in [0, 0.05) is 86.4 Å². The number of aromatic nitrogens is 2. The minimum absolute atomic E-state index is 0.0307. The Balaban J connectivity index is 0.729. The summed E-state index contributed by atoms with van der Waals surface area (Å²) in [5, 5.41) is 27.0. The van der Waals surface area contributed by atoms with Crippen molar-refractivity contribution in [3.63, 3.8) is 0 Å². The van der Waals surface area contributed by atoms with E-state index >= 15 is 0 Å². The van der Waals surface area contributed by atoms with Crippen LogP contribution in [0.25, 0.3) is 21.7 Å². The molecule has 5 heterocycles. The highest BCUT2D eigenvalue weighted by Crippen LogP contribution is 2.40. The Morgan fingerprint density at radius 2 is 1.71 bits per heavy atom. The molecule has 14 heteroatoms. The maximum Gasteiger partial charge on any atom is 0.272 e. The standard InChI is InChI=1S/C45H47ClN8O5/c46-37-24-32(7-4-29(37)25-47)59-31-8-5-30(6-9-31)48-45(57)38-12-14-41(51-50-38)54-18-16-28(17-19-54)26-52-20-22-53(23-21-52)39-3-1-2-34-33(39)10-13-40-43(34)36(27-58-40)35-11-15-42(55)49-44(35)56/h1-4,7,10,12-14,24,27-28,30-31,35H,5-6,8-9,11,15-23,26H2,(H,48,57)(H,49,55,56)/t30?,31?,35-/m1/s1. The average molecular weight is 815 g/mol. The lowest BCUT2D eigenvalue weighted by Gasteiger charge is -2.40. The van der Waals surface area contributed by atoms with Gasteiger partial charge in [-0.1, -0.05) is 23.7 Å². The van der Waals surface area contributed by atoms with Crippen LogP contribution >= 0.6 is 11.6 Å². The van der Waals surface area contributed by atoms with Gasteiger partial charge in [-0.2, -0.15) is 5.26 Å². The molecule has 5 aromatic rings. The Labute approximate surface area is 347 Å². The van der Waals surface area contributed by atoms with Crippen LogP contribution < -0.4 is 25.2 Å². The molecule has 1 aliphatic carbocycles. The van der Waals surface area contributed by atoms with Crippen molar-refractivity contribution in [1.29, 1.82) is 5.26 Å². The summed E-state index contributed by atoms with van der Waals surface area (Å²) in [5.41, 5.74) is 3.54. The van der Waals surface area contributed by atoms with E-state index in [1.54, 1.807) is 30.5 Å². The first-order valence-corrected chi connectivity index (χ1v) is 21.2. The topological polar surface area (TPSA) is 157 Å². The molecule has 0 radical (unpaired) electrons. The summed E-state index contributed by atoms with van der Waals surface area (Å²) in [6.45, 7) is 6.73. The molecule has 59 heavy (non-hydrogen) atoms. The van der Waals surface area contributed by atoms with E-state index in [1.165, 1.54) is 5.69 Å². The van der Waals surface area contributed by atoms with Crippen molar-refractivity contribution in [3.05, 3.63) is 88.8 Å². The summed E-state index contributed by atoms with van der Waals surface area (Å²) in [5.74, 6) is 0.980. The number of fused-ring (bicyclic) bond motifs is 3. The Morgan fingerprint density at radius 3 is 2.44 bits per heavy atom. The summed E-state index contributed by atoms with van der Waals surface area (Å²) in [7, 11) is 0. The summed E-state index contributed by atoms with van der Waals surface area (Å²) in [4.78, 5) is 45.0. The zero-order valence-electron chi connectivity index (χ0n) is 32.9. The fourth-order valence-corrected chi connectivity index (χ4v) is 9.57. The fraction of sp³-hybridized carbons (Fsp3) is 0.422. The van der Waals surface area contributed by atoms with E-state index < -0.39 is 5.92 Å². The molecule has 13 nitrogen and oxygen atoms in total. The van der Waals surface area contributed by atoms with E-state index in [-0.39, 0.29) is 29.9 Å². The number of piperidine rings is 2. The number of halogens is 1. The molecule has 3 saturated heterocycles. The van der Waals surface area contributed by atoms with Crippen molar-refractivity contribution < 1.29 is 23.5 Å². The number of nitriles is 1. The molecule has 9 rings (SSSR count). The first-order valence-electron chi connectivity index (χ1n) is 20.8. The molecule has 0 spiro atoms. The third-order valence-corrected chi connectivity index (χ3v) is 13.0. The van der Waals surface area contributed by atoms with Crippen LogP contribution in [0.1, 0.15) is 78.9 Å². The normalized spacial score (nSPS) is 22.0. The van der Waals surface area contributed by atoms with Gasteiger partial charge in [0.15, 0.2) is 11.5 Å². The third-order valence-electron chi connectivity index (χ3n) is 12.6. The number of ether oxygens (including phenoxy) is 1. The lowest BCUT2D eigenvalue weighted by molar-refractivity contribution is -0.134. The predicted octanol–water partition coefficient (Wildman–Crippen LogP) is 6.58. The number of hydrogen-bond acceptors (Lipinski definition) is 11. The van der Waals surface area contributed by atoms with Gasteiger partial charge in [0.2, 0.25) is 11.8 Å². The van der Waals surface area contributed by atoms with Gasteiger partial charge in [-0.3, -0.25) is 24.6 Å². The number of imide groups is 1. The molecule has 1 saturated carbocycles. The third kappa shape index (κ3) is 8.29. The van der Waals surface area contributed by atoms with Crippen LogP contribution in [0.3, 0.4) is 0 Å². The summed E-state index contributed by atoms with van der Waals surface area (Å²) >= 11 is 6.16.